The minimum absolute atomic E-state index is 0.0492. The van der Waals surface area contributed by atoms with E-state index in [0.717, 1.165) is 16.5 Å². The second-order valence-electron chi connectivity index (χ2n) is 6.97. The molecule has 0 radical (unpaired) electrons. The number of fused-ring (bicyclic) bond motifs is 1. The molecule has 0 fully saturated rings. The van der Waals surface area contributed by atoms with Gasteiger partial charge in [-0.1, -0.05) is 54.6 Å². The number of amides is 1. The quantitative estimate of drug-likeness (QED) is 0.253. The van der Waals surface area contributed by atoms with Gasteiger partial charge in [0.15, 0.2) is 0 Å². The first kappa shape index (κ1) is 20.7. The van der Waals surface area contributed by atoms with Crippen LogP contribution in [0.4, 0.5) is 5.69 Å². The highest BCUT2D eigenvalue weighted by Gasteiger charge is 2.18. The van der Waals surface area contributed by atoms with E-state index in [0.29, 0.717) is 12.4 Å². The summed E-state index contributed by atoms with van der Waals surface area (Å²) in [5.74, 6) is 0.0580. The fourth-order valence-electron chi connectivity index (χ4n) is 3.28. The van der Waals surface area contributed by atoms with Gasteiger partial charge in [0.05, 0.1) is 11.1 Å². The van der Waals surface area contributed by atoms with E-state index < -0.39 is 10.8 Å². The summed E-state index contributed by atoms with van der Waals surface area (Å²) in [6, 6.07) is 27.2. The maximum atomic E-state index is 12.2. The average Bonchev–Trinajstić information content (AvgIpc) is 2.83. The van der Waals surface area contributed by atoms with Crippen LogP contribution in [0.25, 0.3) is 10.8 Å². The van der Waals surface area contributed by atoms with Crippen molar-refractivity contribution in [2.45, 2.75) is 6.61 Å². The molecule has 0 aliphatic heterocycles. The highest BCUT2D eigenvalue weighted by molar-refractivity contribution is 5.98. The zero-order valence-corrected chi connectivity index (χ0v) is 17.0. The summed E-state index contributed by atoms with van der Waals surface area (Å²) in [6.45, 7) is 0.445. The van der Waals surface area contributed by atoms with E-state index in [1.807, 2.05) is 36.4 Å². The third kappa shape index (κ3) is 4.79. The molecule has 0 atom stereocenters. The monoisotopic (exact) mass is 425 g/mol. The van der Waals surface area contributed by atoms with E-state index >= 15 is 0 Å². The van der Waals surface area contributed by atoms with E-state index in [1.54, 1.807) is 18.2 Å². The van der Waals surface area contributed by atoms with Crippen molar-refractivity contribution < 1.29 is 14.5 Å². The van der Waals surface area contributed by atoms with Crippen molar-refractivity contribution in [2.75, 3.05) is 0 Å². The molecule has 7 heteroatoms. The third-order valence-electron chi connectivity index (χ3n) is 4.88. The van der Waals surface area contributed by atoms with Gasteiger partial charge in [-0.25, -0.2) is 5.43 Å². The number of hydrogen-bond donors (Lipinski definition) is 1. The molecule has 0 heterocycles. The highest BCUT2D eigenvalue weighted by Crippen LogP contribution is 2.21. The van der Waals surface area contributed by atoms with Gasteiger partial charge >= 0.3 is 0 Å². The number of carbonyl (C=O) groups is 1. The smallest absolute Gasteiger partial charge is 0.282 e. The minimum atomic E-state index is -0.649. The molecule has 4 aromatic rings. The van der Waals surface area contributed by atoms with Crippen LogP contribution in [0, 0.1) is 10.1 Å². The lowest BCUT2D eigenvalue weighted by atomic mass is 10.1. The first-order valence-electron chi connectivity index (χ1n) is 9.88. The van der Waals surface area contributed by atoms with Crippen molar-refractivity contribution in [2.24, 2.45) is 5.10 Å². The van der Waals surface area contributed by atoms with Crippen LogP contribution in [0.3, 0.4) is 0 Å². The second-order valence-corrected chi connectivity index (χ2v) is 6.97. The lowest BCUT2D eigenvalue weighted by molar-refractivity contribution is -0.385. The predicted molar refractivity (Wildman–Crippen MR) is 123 cm³/mol. The fourth-order valence-corrected chi connectivity index (χ4v) is 3.28. The minimum Gasteiger partial charge on any atom is -0.489 e. The van der Waals surface area contributed by atoms with Gasteiger partial charge in [-0.15, -0.1) is 0 Å². The predicted octanol–water partition coefficient (Wildman–Crippen LogP) is 5.09. The Balaban J connectivity index is 1.36. The zero-order chi connectivity index (χ0) is 22.3. The highest BCUT2D eigenvalue weighted by atomic mass is 16.6. The van der Waals surface area contributed by atoms with E-state index in [4.69, 9.17) is 4.74 Å². The van der Waals surface area contributed by atoms with Gasteiger partial charge < -0.3 is 4.74 Å². The number of nitrogens with zero attached hydrogens (tertiary/aromatic N) is 2. The molecule has 1 amide bonds. The Bertz CT molecular complexity index is 1290. The number of benzene rings is 4. The Labute approximate surface area is 184 Å². The molecule has 0 aliphatic carbocycles. The molecule has 0 bridgehead atoms. The molecule has 32 heavy (non-hydrogen) atoms. The zero-order valence-electron chi connectivity index (χ0n) is 17.0. The number of hydrogen-bond acceptors (Lipinski definition) is 5. The summed E-state index contributed by atoms with van der Waals surface area (Å²) in [4.78, 5) is 22.6. The van der Waals surface area contributed by atoms with Gasteiger partial charge in [0, 0.05) is 6.07 Å². The van der Waals surface area contributed by atoms with E-state index in [-0.39, 0.29) is 11.3 Å². The molecule has 0 saturated carbocycles. The van der Waals surface area contributed by atoms with Crippen LogP contribution in [0.5, 0.6) is 5.75 Å². The average molecular weight is 425 g/mol. The van der Waals surface area contributed by atoms with Crippen molar-refractivity contribution in [3.63, 3.8) is 0 Å². The van der Waals surface area contributed by atoms with Gasteiger partial charge in [0.1, 0.15) is 17.9 Å². The SMILES string of the molecule is O=C(NN=Cc1ccc(OCc2cccc3ccccc23)cc1)c1ccccc1[N+](=O)[O-]. The molecule has 158 valence electrons. The van der Waals surface area contributed by atoms with Crippen LogP contribution in [0.2, 0.25) is 0 Å². The van der Waals surface area contributed by atoms with Crippen LogP contribution in [-0.4, -0.2) is 17.0 Å². The van der Waals surface area contributed by atoms with Crippen molar-refractivity contribution in [3.8, 4) is 5.75 Å². The van der Waals surface area contributed by atoms with Crippen molar-refractivity contribution in [3.05, 3.63) is 118 Å². The summed E-state index contributed by atoms with van der Waals surface area (Å²) >= 11 is 0. The van der Waals surface area contributed by atoms with Gasteiger partial charge in [-0.05, 0) is 52.2 Å². The summed E-state index contributed by atoms with van der Waals surface area (Å²) < 4.78 is 5.91. The number of para-hydroxylation sites is 1. The second kappa shape index (κ2) is 9.53. The molecule has 4 aromatic carbocycles. The Morgan fingerprint density at radius 1 is 0.938 bits per heavy atom. The molecule has 1 N–H and O–H groups in total. The standard InChI is InChI=1S/C25H19N3O4/c29-25(23-10-3-4-11-24(23)28(30)31)27-26-16-18-12-14-21(15-13-18)32-17-20-8-5-7-19-6-1-2-9-22(19)20/h1-16H,17H2,(H,27,29). The van der Waals surface area contributed by atoms with Gasteiger partial charge in [-0.3, -0.25) is 14.9 Å². The molecular formula is C25H19N3O4. The Hall–Kier alpha value is -4.52. The van der Waals surface area contributed by atoms with Crippen LogP contribution >= 0.6 is 0 Å². The van der Waals surface area contributed by atoms with Crippen LogP contribution < -0.4 is 10.2 Å². The number of carbonyl (C=O) groups excluding carboxylic acids is 1. The molecule has 0 unspecified atom stereocenters. The van der Waals surface area contributed by atoms with Gasteiger partial charge in [-0.2, -0.15) is 5.10 Å². The number of ether oxygens (including phenoxy) is 1. The number of rotatable bonds is 7. The van der Waals surface area contributed by atoms with E-state index in [2.05, 4.69) is 28.7 Å². The Morgan fingerprint density at radius 3 is 2.47 bits per heavy atom. The van der Waals surface area contributed by atoms with Crippen molar-refractivity contribution >= 4 is 28.6 Å². The van der Waals surface area contributed by atoms with E-state index in [9.17, 15) is 14.9 Å². The Kier molecular flexibility index (Phi) is 6.17. The number of nitro benzene ring substituents is 1. The summed E-state index contributed by atoms with van der Waals surface area (Å²) in [5.41, 5.74) is 3.84. The van der Waals surface area contributed by atoms with Crippen LogP contribution in [-0.2, 0) is 6.61 Å². The van der Waals surface area contributed by atoms with Crippen LogP contribution in [0.15, 0.2) is 96.1 Å². The van der Waals surface area contributed by atoms with Crippen LogP contribution in [0.1, 0.15) is 21.5 Å². The molecular weight excluding hydrogens is 406 g/mol. The summed E-state index contributed by atoms with van der Waals surface area (Å²) in [7, 11) is 0. The topological polar surface area (TPSA) is 93.8 Å². The third-order valence-corrected chi connectivity index (χ3v) is 4.88. The lowest BCUT2D eigenvalue weighted by Gasteiger charge is -2.09. The Morgan fingerprint density at radius 2 is 1.66 bits per heavy atom. The maximum absolute atomic E-state index is 12.2. The molecule has 0 saturated heterocycles. The van der Waals surface area contributed by atoms with Crippen molar-refractivity contribution in [1.29, 1.82) is 0 Å². The van der Waals surface area contributed by atoms with Gasteiger partial charge in [0.2, 0.25) is 0 Å². The molecule has 0 spiro atoms. The number of nitro groups is 1. The number of hydrazone groups is 1. The first-order valence-corrected chi connectivity index (χ1v) is 9.88. The van der Waals surface area contributed by atoms with Gasteiger partial charge in [0.25, 0.3) is 11.6 Å². The molecule has 4 rings (SSSR count). The normalized spacial score (nSPS) is 10.9. The van der Waals surface area contributed by atoms with E-state index in [1.165, 1.54) is 29.8 Å². The molecule has 0 aromatic heterocycles. The largest absolute Gasteiger partial charge is 0.489 e. The summed E-state index contributed by atoms with van der Waals surface area (Å²) in [5, 5.41) is 17.3. The first-order chi connectivity index (χ1) is 15.6. The lowest BCUT2D eigenvalue weighted by Crippen LogP contribution is -2.18. The molecule has 7 nitrogen and oxygen atoms in total. The van der Waals surface area contributed by atoms with Crippen molar-refractivity contribution in [1.82, 2.24) is 5.43 Å². The number of nitrogens with one attached hydrogen (secondary N) is 1. The maximum Gasteiger partial charge on any atom is 0.282 e. The fraction of sp³-hybridized carbons (Fsp3) is 0.0400. The summed E-state index contributed by atoms with van der Waals surface area (Å²) in [6.07, 6.45) is 1.46. The molecule has 0 aliphatic rings.